The van der Waals surface area contributed by atoms with Crippen LogP contribution in [-0.2, 0) is 9.53 Å². The van der Waals surface area contributed by atoms with E-state index in [-0.39, 0.29) is 16.8 Å². The van der Waals surface area contributed by atoms with Gasteiger partial charge in [0.15, 0.2) is 0 Å². The van der Waals surface area contributed by atoms with E-state index in [9.17, 15) is 4.79 Å². The summed E-state index contributed by atoms with van der Waals surface area (Å²) in [6.07, 6.45) is 2.23. The number of rotatable bonds is 4. The second-order valence-corrected chi connectivity index (χ2v) is 7.44. The maximum atomic E-state index is 11.8. The predicted octanol–water partition coefficient (Wildman–Crippen LogP) is 4.57. The van der Waals surface area contributed by atoms with E-state index < -0.39 is 5.60 Å². The number of hydrogen-bond acceptors (Lipinski definition) is 2. The molecule has 2 heteroatoms. The molecular formula is C15H30O2. The quantitative estimate of drug-likeness (QED) is 0.675. The monoisotopic (exact) mass is 242 g/mol. The van der Waals surface area contributed by atoms with Crippen LogP contribution in [0.4, 0.5) is 0 Å². The second-order valence-electron chi connectivity index (χ2n) is 7.44. The van der Waals surface area contributed by atoms with Gasteiger partial charge in [-0.3, -0.25) is 4.79 Å². The third-order valence-electron chi connectivity index (χ3n) is 3.25. The molecular weight excluding hydrogens is 212 g/mol. The van der Waals surface area contributed by atoms with Gasteiger partial charge >= 0.3 is 5.97 Å². The van der Waals surface area contributed by atoms with Crippen LogP contribution < -0.4 is 0 Å². The molecule has 0 saturated heterocycles. The largest absolute Gasteiger partial charge is 0.459 e. The fraction of sp³-hybridized carbons (Fsp3) is 0.933. The Bertz CT molecular complexity index is 255. The third kappa shape index (κ3) is 5.56. The Balaban J connectivity index is 4.94. The minimum atomic E-state index is -0.405. The van der Waals surface area contributed by atoms with Crippen LogP contribution in [0.15, 0.2) is 0 Å². The number of carbonyl (C=O) groups is 1. The highest BCUT2D eigenvalue weighted by Gasteiger charge is 2.43. The van der Waals surface area contributed by atoms with Crippen LogP contribution in [0.1, 0.15) is 74.7 Å². The van der Waals surface area contributed by atoms with Gasteiger partial charge in [0.25, 0.3) is 0 Å². The highest BCUT2D eigenvalue weighted by atomic mass is 16.6. The molecule has 1 atom stereocenters. The molecule has 0 heterocycles. The Morgan fingerprint density at radius 3 is 1.76 bits per heavy atom. The summed E-state index contributed by atoms with van der Waals surface area (Å²) in [5, 5.41) is 0. The van der Waals surface area contributed by atoms with E-state index in [1.54, 1.807) is 0 Å². The van der Waals surface area contributed by atoms with Gasteiger partial charge in [0.2, 0.25) is 0 Å². The van der Waals surface area contributed by atoms with Gasteiger partial charge in [-0.1, -0.05) is 48.5 Å². The number of hydrogen-bond donors (Lipinski definition) is 0. The van der Waals surface area contributed by atoms with E-state index in [0.717, 1.165) is 12.8 Å². The van der Waals surface area contributed by atoms with E-state index in [2.05, 4.69) is 48.5 Å². The van der Waals surface area contributed by atoms with Gasteiger partial charge in [-0.15, -0.1) is 0 Å². The molecule has 0 amide bonds. The Kier molecular flexibility index (Phi) is 5.24. The van der Waals surface area contributed by atoms with Crippen molar-refractivity contribution in [2.45, 2.75) is 80.3 Å². The molecule has 0 rings (SSSR count). The van der Waals surface area contributed by atoms with E-state index in [1.165, 1.54) is 0 Å². The summed E-state index contributed by atoms with van der Waals surface area (Å²) < 4.78 is 5.78. The molecule has 0 N–H and O–H groups in total. The second kappa shape index (κ2) is 5.41. The van der Waals surface area contributed by atoms with Gasteiger partial charge in [0.1, 0.15) is 5.60 Å². The van der Waals surface area contributed by atoms with E-state index in [4.69, 9.17) is 4.74 Å². The molecule has 0 aliphatic rings. The number of esters is 1. The summed E-state index contributed by atoms with van der Waals surface area (Å²) in [5.74, 6) is -0.0748. The molecule has 102 valence electrons. The SMILES string of the molecule is CCCC(=O)OC(C)(CC(C)(C)C)C(C)(C)C. The molecule has 0 saturated carbocycles. The summed E-state index contributed by atoms with van der Waals surface area (Å²) in [4.78, 5) is 11.8. The lowest BCUT2D eigenvalue weighted by molar-refractivity contribution is -0.175. The van der Waals surface area contributed by atoms with Gasteiger partial charge in [-0.05, 0) is 25.2 Å². The summed E-state index contributed by atoms with van der Waals surface area (Å²) in [6, 6.07) is 0. The first-order valence-corrected chi connectivity index (χ1v) is 6.63. The summed E-state index contributed by atoms with van der Waals surface area (Å²) in [7, 11) is 0. The van der Waals surface area contributed by atoms with Gasteiger partial charge in [0.05, 0.1) is 0 Å². The highest BCUT2D eigenvalue weighted by molar-refractivity contribution is 5.69. The molecule has 0 aromatic rings. The molecule has 17 heavy (non-hydrogen) atoms. The first-order chi connectivity index (χ1) is 7.41. The molecule has 0 aromatic heterocycles. The normalized spacial score (nSPS) is 16.5. The van der Waals surface area contributed by atoms with Gasteiger partial charge in [0, 0.05) is 11.8 Å². The smallest absolute Gasteiger partial charge is 0.306 e. The zero-order valence-corrected chi connectivity index (χ0v) is 12.9. The van der Waals surface area contributed by atoms with E-state index >= 15 is 0 Å². The van der Waals surface area contributed by atoms with Gasteiger partial charge in [-0.2, -0.15) is 0 Å². The van der Waals surface area contributed by atoms with Crippen molar-refractivity contribution < 1.29 is 9.53 Å². The lowest BCUT2D eigenvalue weighted by Gasteiger charge is -2.44. The fourth-order valence-electron chi connectivity index (χ4n) is 1.97. The van der Waals surface area contributed by atoms with E-state index in [1.807, 2.05) is 6.92 Å². The van der Waals surface area contributed by atoms with Crippen molar-refractivity contribution in [3.8, 4) is 0 Å². The maximum Gasteiger partial charge on any atom is 0.306 e. The van der Waals surface area contributed by atoms with Crippen molar-refractivity contribution in [2.75, 3.05) is 0 Å². The molecule has 1 unspecified atom stereocenters. The Morgan fingerprint density at radius 1 is 1.00 bits per heavy atom. The lowest BCUT2D eigenvalue weighted by atomic mass is 9.69. The van der Waals surface area contributed by atoms with Crippen LogP contribution in [0, 0.1) is 10.8 Å². The molecule has 0 fully saturated rings. The van der Waals surface area contributed by atoms with E-state index in [0.29, 0.717) is 6.42 Å². The van der Waals surface area contributed by atoms with Crippen molar-refractivity contribution in [3.63, 3.8) is 0 Å². The average Bonchev–Trinajstić information content (AvgIpc) is 1.97. The molecule has 0 aromatic carbocycles. The van der Waals surface area contributed by atoms with Crippen LogP contribution in [0.5, 0.6) is 0 Å². The fourth-order valence-corrected chi connectivity index (χ4v) is 1.97. The highest BCUT2D eigenvalue weighted by Crippen LogP contribution is 2.42. The van der Waals surface area contributed by atoms with Crippen molar-refractivity contribution in [1.29, 1.82) is 0 Å². The first kappa shape index (κ1) is 16.5. The standard InChI is InChI=1S/C15H30O2/c1-9-10-12(16)17-15(8,14(5,6)7)11-13(2,3)4/h9-11H2,1-8H3. The van der Waals surface area contributed by atoms with Crippen LogP contribution in [0.2, 0.25) is 0 Å². The average molecular weight is 242 g/mol. The van der Waals surface area contributed by atoms with Crippen LogP contribution in [0.3, 0.4) is 0 Å². The molecule has 0 aliphatic carbocycles. The van der Waals surface area contributed by atoms with Gasteiger partial charge < -0.3 is 4.74 Å². The van der Waals surface area contributed by atoms with Crippen LogP contribution in [-0.4, -0.2) is 11.6 Å². The number of carbonyl (C=O) groups excluding carboxylic acids is 1. The first-order valence-electron chi connectivity index (χ1n) is 6.63. The van der Waals surface area contributed by atoms with Crippen molar-refractivity contribution in [2.24, 2.45) is 10.8 Å². The van der Waals surface area contributed by atoms with Crippen LogP contribution in [0.25, 0.3) is 0 Å². The van der Waals surface area contributed by atoms with Gasteiger partial charge in [-0.25, -0.2) is 0 Å². The molecule has 0 radical (unpaired) electrons. The Morgan fingerprint density at radius 2 is 1.47 bits per heavy atom. The summed E-state index contributed by atoms with van der Waals surface area (Å²) in [6.45, 7) is 17.0. The summed E-state index contributed by atoms with van der Waals surface area (Å²) in [5.41, 5.74) is -0.310. The predicted molar refractivity (Wildman–Crippen MR) is 72.9 cm³/mol. The molecule has 0 aliphatic heterocycles. The molecule has 0 bridgehead atoms. The van der Waals surface area contributed by atoms with Crippen LogP contribution >= 0.6 is 0 Å². The Labute approximate surface area is 107 Å². The minimum Gasteiger partial charge on any atom is -0.459 e. The Hall–Kier alpha value is -0.530. The molecule has 0 spiro atoms. The topological polar surface area (TPSA) is 26.3 Å². The lowest BCUT2D eigenvalue weighted by Crippen LogP contribution is -2.46. The third-order valence-corrected chi connectivity index (χ3v) is 3.25. The molecule has 2 nitrogen and oxygen atoms in total. The maximum absolute atomic E-state index is 11.8. The van der Waals surface area contributed by atoms with Crippen molar-refractivity contribution >= 4 is 5.97 Å². The zero-order valence-electron chi connectivity index (χ0n) is 12.9. The summed E-state index contributed by atoms with van der Waals surface area (Å²) >= 11 is 0. The number of ether oxygens (including phenoxy) is 1. The van der Waals surface area contributed by atoms with Crippen molar-refractivity contribution in [1.82, 2.24) is 0 Å². The van der Waals surface area contributed by atoms with Crippen molar-refractivity contribution in [3.05, 3.63) is 0 Å². The minimum absolute atomic E-state index is 0.0519. The zero-order chi connectivity index (χ0) is 13.9.